The summed E-state index contributed by atoms with van der Waals surface area (Å²) in [6.45, 7) is 4.26. The number of carboxylic acids is 1. The number of carbonyl (C=O) groups excluding carboxylic acids is 1. The van der Waals surface area contributed by atoms with Crippen LogP contribution >= 0.6 is 0 Å². The largest absolute Gasteiger partial charge is 0.481 e. The first kappa shape index (κ1) is 12.4. The molecule has 0 aliphatic carbocycles. The average molecular weight is 224 g/mol. The molecule has 1 aromatic rings. The van der Waals surface area contributed by atoms with E-state index in [9.17, 15) is 9.59 Å². The van der Waals surface area contributed by atoms with Crippen LogP contribution in [-0.4, -0.2) is 26.4 Å². The van der Waals surface area contributed by atoms with Gasteiger partial charge in [-0.2, -0.15) is 0 Å². The van der Waals surface area contributed by atoms with E-state index in [1.165, 1.54) is 13.1 Å². The molecule has 0 radical (unpaired) electrons. The van der Waals surface area contributed by atoms with E-state index in [2.05, 4.69) is 4.98 Å². The SMILES string of the molecule is CCCn1cncc1C(=O)CC(C)C(=O)O. The number of carbonyl (C=O) groups is 2. The lowest BCUT2D eigenvalue weighted by molar-refractivity contribution is -0.141. The fraction of sp³-hybridized carbons (Fsp3) is 0.545. The fourth-order valence-electron chi connectivity index (χ4n) is 1.44. The van der Waals surface area contributed by atoms with Crippen LogP contribution in [0.3, 0.4) is 0 Å². The molecule has 0 aliphatic rings. The van der Waals surface area contributed by atoms with Gasteiger partial charge in [0.2, 0.25) is 0 Å². The third-order valence-electron chi connectivity index (χ3n) is 2.38. The summed E-state index contributed by atoms with van der Waals surface area (Å²) < 4.78 is 1.76. The number of Topliss-reactive ketones (excluding diaryl/α,β-unsaturated/α-hetero) is 1. The Morgan fingerprint density at radius 3 is 2.81 bits per heavy atom. The molecule has 1 heterocycles. The molecule has 1 unspecified atom stereocenters. The van der Waals surface area contributed by atoms with Crippen LogP contribution in [0.15, 0.2) is 12.5 Å². The molecule has 5 nitrogen and oxygen atoms in total. The van der Waals surface area contributed by atoms with Gasteiger partial charge in [-0.1, -0.05) is 13.8 Å². The van der Waals surface area contributed by atoms with Gasteiger partial charge >= 0.3 is 5.97 Å². The molecule has 0 aliphatic heterocycles. The van der Waals surface area contributed by atoms with E-state index >= 15 is 0 Å². The maximum absolute atomic E-state index is 11.8. The number of imidazole rings is 1. The Morgan fingerprint density at radius 2 is 2.25 bits per heavy atom. The van der Waals surface area contributed by atoms with Crippen molar-refractivity contribution in [3.05, 3.63) is 18.2 Å². The zero-order chi connectivity index (χ0) is 12.1. The normalized spacial score (nSPS) is 12.4. The molecule has 0 spiro atoms. The van der Waals surface area contributed by atoms with Crippen LogP contribution in [0.4, 0.5) is 0 Å². The first-order valence-electron chi connectivity index (χ1n) is 5.32. The number of rotatable bonds is 6. The molecule has 0 aromatic carbocycles. The molecule has 0 fully saturated rings. The number of nitrogens with zero attached hydrogens (tertiary/aromatic N) is 2. The zero-order valence-electron chi connectivity index (χ0n) is 9.51. The topological polar surface area (TPSA) is 72.2 Å². The molecule has 5 heteroatoms. The van der Waals surface area contributed by atoms with Gasteiger partial charge in [0.1, 0.15) is 5.69 Å². The number of ketones is 1. The van der Waals surface area contributed by atoms with Crippen LogP contribution < -0.4 is 0 Å². The van der Waals surface area contributed by atoms with E-state index in [4.69, 9.17) is 5.11 Å². The fourth-order valence-corrected chi connectivity index (χ4v) is 1.44. The molecule has 1 aromatic heterocycles. The minimum absolute atomic E-state index is 0.0186. The van der Waals surface area contributed by atoms with Gasteiger partial charge in [-0.15, -0.1) is 0 Å². The van der Waals surface area contributed by atoms with Gasteiger partial charge in [-0.25, -0.2) is 4.98 Å². The minimum atomic E-state index is -0.949. The molecule has 1 N–H and O–H groups in total. The molecule has 1 atom stereocenters. The first-order chi connectivity index (χ1) is 7.56. The Labute approximate surface area is 94.1 Å². The second-order valence-corrected chi connectivity index (χ2v) is 3.84. The van der Waals surface area contributed by atoms with Crippen LogP contribution in [0, 0.1) is 5.92 Å². The lowest BCUT2D eigenvalue weighted by Crippen LogP contribution is -2.17. The van der Waals surface area contributed by atoms with Crippen LogP contribution in [0.5, 0.6) is 0 Å². The maximum Gasteiger partial charge on any atom is 0.306 e. The Hall–Kier alpha value is -1.65. The van der Waals surface area contributed by atoms with E-state index < -0.39 is 11.9 Å². The number of hydrogen-bond acceptors (Lipinski definition) is 3. The minimum Gasteiger partial charge on any atom is -0.481 e. The van der Waals surface area contributed by atoms with Crippen molar-refractivity contribution in [2.75, 3.05) is 0 Å². The smallest absolute Gasteiger partial charge is 0.306 e. The Kier molecular flexibility index (Phi) is 4.22. The number of aromatic nitrogens is 2. The van der Waals surface area contributed by atoms with Gasteiger partial charge in [0, 0.05) is 13.0 Å². The van der Waals surface area contributed by atoms with Crippen LogP contribution in [0.2, 0.25) is 0 Å². The van der Waals surface area contributed by atoms with Gasteiger partial charge in [0.15, 0.2) is 5.78 Å². The van der Waals surface area contributed by atoms with Gasteiger partial charge in [-0.05, 0) is 6.42 Å². The van der Waals surface area contributed by atoms with Crippen molar-refractivity contribution in [2.24, 2.45) is 5.92 Å². The summed E-state index contributed by atoms with van der Waals surface area (Å²) >= 11 is 0. The van der Waals surface area contributed by atoms with Crippen molar-refractivity contribution in [1.29, 1.82) is 0 Å². The summed E-state index contributed by atoms with van der Waals surface area (Å²) in [4.78, 5) is 26.3. The van der Waals surface area contributed by atoms with Crippen molar-refractivity contribution in [3.63, 3.8) is 0 Å². The molecule has 88 valence electrons. The highest BCUT2D eigenvalue weighted by Gasteiger charge is 2.19. The molecular formula is C11H16N2O3. The van der Waals surface area contributed by atoms with Gasteiger partial charge in [0.05, 0.1) is 18.4 Å². The van der Waals surface area contributed by atoms with E-state index in [1.807, 2.05) is 6.92 Å². The van der Waals surface area contributed by atoms with Crippen LogP contribution in [0.25, 0.3) is 0 Å². The summed E-state index contributed by atoms with van der Waals surface area (Å²) in [6, 6.07) is 0. The Morgan fingerprint density at radius 1 is 1.56 bits per heavy atom. The third kappa shape index (κ3) is 2.92. The highest BCUT2D eigenvalue weighted by Crippen LogP contribution is 2.10. The standard InChI is InChI=1S/C11H16N2O3/c1-3-4-13-7-12-6-9(13)10(14)5-8(2)11(15)16/h6-8H,3-5H2,1-2H3,(H,15,16). The lowest BCUT2D eigenvalue weighted by Gasteiger charge is -2.07. The highest BCUT2D eigenvalue weighted by atomic mass is 16.4. The van der Waals surface area contributed by atoms with Crippen molar-refractivity contribution in [2.45, 2.75) is 33.2 Å². The monoisotopic (exact) mass is 224 g/mol. The third-order valence-corrected chi connectivity index (χ3v) is 2.38. The van der Waals surface area contributed by atoms with Crippen molar-refractivity contribution < 1.29 is 14.7 Å². The Bertz CT molecular complexity index is 384. The van der Waals surface area contributed by atoms with E-state index in [-0.39, 0.29) is 12.2 Å². The van der Waals surface area contributed by atoms with Gasteiger partial charge in [0.25, 0.3) is 0 Å². The molecule has 1 rings (SSSR count). The maximum atomic E-state index is 11.8. The molecule has 0 saturated heterocycles. The zero-order valence-corrected chi connectivity index (χ0v) is 9.51. The van der Waals surface area contributed by atoms with Crippen molar-refractivity contribution in [1.82, 2.24) is 9.55 Å². The van der Waals surface area contributed by atoms with Crippen LogP contribution in [0.1, 0.15) is 37.2 Å². The summed E-state index contributed by atoms with van der Waals surface area (Å²) in [5.74, 6) is -1.77. The summed E-state index contributed by atoms with van der Waals surface area (Å²) in [5, 5.41) is 8.73. The molecule has 0 bridgehead atoms. The predicted octanol–water partition coefficient (Wildman–Crippen LogP) is 1.59. The Balaban J connectivity index is 2.72. The van der Waals surface area contributed by atoms with Gasteiger partial charge < -0.3 is 9.67 Å². The summed E-state index contributed by atoms with van der Waals surface area (Å²) in [5.41, 5.74) is 0.495. The van der Waals surface area contributed by atoms with E-state index in [0.717, 1.165) is 13.0 Å². The van der Waals surface area contributed by atoms with Gasteiger partial charge in [-0.3, -0.25) is 9.59 Å². The number of hydrogen-bond donors (Lipinski definition) is 1. The van der Waals surface area contributed by atoms with E-state index in [0.29, 0.717) is 5.69 Å². The molecule has 0 saturated carbocycles. The first-order valence-corrected chi connectivity index (χ1v) is 5.32. The summed E-state index contributed by atoms with van der Waals surface area (Å²) in [7, 11) is 0. The lowest BCUT2D eigenvalue weighted by atomic mass is 10.0. The predicted molar refractivity (Wildman–Crippen MR) is 58.3 cm³/mol. The number of carboxylic acid groups (broad SMARTS) is 1. The van der Waals surface area contributed by atoms with Crippen molar-refractivity contribution >= 4 is 11.8 Å². The second kappa shape index (κ2) is 5.44. The highest BCUT2D eigenvalue weighted by molar-refractivity contribution is 5.96. The quantitative estimate of drug-likeness (QED) is 0.745. The number of aryl methyl sites for hydroxylation is 1. The number of aliphatic carboxylic acids is 1. The molecule has 0 amide bonds. The van der Waals surface area contributed by atoms with Crippen LogP contribution in [-0.2, 0) is 11.3 Å². The van der Waals surface area contributed by atoms with E-state index in [1.54, 1.807) is 10.9 Å². The summed E-state index contributed by atoms with van der Waals surface area (Å²) in [6.07, 6.45) is 4.02. The second-order valence-electron chi connectivity index (χ2n) is 3.84. The molecule has 16 heavy (non-hydrogen) atoms. The van der Waals surface area contributed by atoms with Crippen molar-refractivity contribution in [3.8, 4) is 0 Å². The molecular weight excluding hydrogens is 208 g/mol. The average Bonchev–Trinajstić information content (AvgIpc) is 2.66.